The molecule has 1 saturated carbocycles. The van der Waals surface area contributed by atoms with E-state index in [4.69, 9.17) is 23.2 Å². The summed E-state index contributed by atoms with van der Waals surface area (Å²) in [5, 5.41) is 14.1. The van der Waals surface area contributed by atoms with Crippen molar-refractivity contribution in [2.45, 2.75) is 37.8 Å². The highest BCUT2D eigenvalue weighted by molar-refractivity contribution is 9.10. The third-order valence-corrected chi connectivity index (χ3v) is 4.11. The lowest BCUT2D eigenvalue weighted by Crippen LogP contribution is -2.28. The number of hydrogen-bond donors (Lipinski definition) is 2. The van der Waals surface area contributed by atoms with Crippen LogP contribution in [-0.4, -0.2) is 17.3 Å². The summed E-state index contributed by atoms with van der Waals surface area (Å²) in [7, 11) is 0. The van der Waals surface area contributed by atoms with E-state index in [1.54, 1.807) is 0 Å². The molecule has 0 aromatic heterocycles. The Hall–Kier alpha value is 0.0400. The van der Waals surface area contributed by atoms with Crippen LogP contribution in [0.15, 0.2) is 16.6 Å². The van der Waals surface area contributed by atoms with Crippen molar-refractivity contribution < 1.29 is 5.11 Å². The Morgan fingerprint density at radius 1 is 1.12 bits per heavy atom. The van der Waals surface area contributed by atoms with Gasteiger partial charge in [-0.05, 0) is 37.8 Å². The largest absolute Gasteiger partial charge is 0.393 e. The highest BCUT2D eigenvalue weighted by Crippen LogP contribution is 2.35. The van der Waals surface area contributed by atoms with Gasteiger partial charge in [0.25, 0.3) is 0 Å². The van der Waals surface area contributed by atoms with Gasteiger partial charge in [-0.3, -0.25) is 0 Å². The van der Waals surface area contributed by atoms with Crippen molar-refractivity contribution in [3.63, 3.8) is 0 Å². The lowest BCUT2D eigenvalue weighted by atomic mass is 9.93. The molecule has 1 aliphatic rings. The summed E-state index contributed by atoms with van der Waals surface area (Å²) in [6, 6.07) is 4.00. The van der Waals surface area contributed by atoms with Gasteiger partial charge in [0.2, 0.25) is 0 Å². The quantitative estimate of drug-likeness (QED) is 0.833. The molecule has 1 aliphatic carbocycles. The average molecular weight is 339 g/mol. The highest BCUT2D eigenvalue weighted by atomic mass is 79.9. The third kappa shape index (κ3) is 3.50. The van der Waals surface area contributed by atoms with Crippen molar-refractivity contribution in [1.82, 2.24) is 0 Å². The summed E-state index contributed by atoms with van der Waals surface area (Å²) >= 11 is 15.7. The van der Waals surface area contributed by atoms with Crippen LogP contribution in [0, 0.1) is 0 Å². The van der Waals surface area contributed by atoms with Gasteiger partial charge in [0.1, 0.15) is 0 Å². The molecule has 0 spiro atoms. The summed E-state index contributed by atoms with van der Waals surface area (Å²) in [6.07, 6.45) is 3.42. The van der Waals surface area contributed by atoms with Crippen molar-refractivity contribution in [1.29, 1.82) is 0 Å². The van der Waals surface area contributed by atoms with E-state index in [-0.39, 0.29) is 6.10 Å². The van der Waals surface area contributed by atoms with Gasteiger partial charge in [0.15, 0.2) is 0 Å². The second kappa shape index (κ2) is 5.79. The third-order valence-electron chi connectivity index (χ3n) is 3.05. The van der Waals surface area contributed by atoms with Gasteiger partial charge in [-0.15, -0.1) is 0 Å². The summed E-state index contributed by atoms with van der Waals surface area (Å²) in [5.74, 6) is 0. The molecule has 1 aromatic carbocycles. The molecular weight excluding hydrogens is 325 g/mol. The van der Waals surface area contributed by atoms with Crippen molar-refractivity contribution in [3.8, 4) is 0 Å². The van der Waals surface area contributed by atoms with Crippen LogP contribution in [0.25, 0.3) is 0 Å². The average Bonchev–Trinajstić information content (AvgIpc) is 2.26. The molecule has 0 bridgehead atoms. The Kier molecular flexibility index (Phi) is 4.59. The van der Waals surface area contributed by atoms with Gasteiger partial charge in [0.05, 0.1) is 21.8 Å². The lowest BCUT2D eigenvalue weighted by molar-refractivity contribution is 0.126. The number of hydrogen-bond acceptors (Lipinski definition) is 2. The molecular formula is C12H14BrCl2NO. The number of aliphatic hydroxyl groups excluding tert-OH is 1. The molecule has 0 amide bonds. The summed E-state index contributed by atoms with van der Waals surface area (Å²) in [5.41, 5.74) is 0.790. The molecule has 0 atom stereocenters. The molecule has 0 unspecified atom stereocenters. The van der Waals surface area contributed by atoms with Crippen LogP contribution in [0.5, 0.6) is 0 Å². The summed E-state index contributed by atoms with van der Waals surface area (Å²) < 4.78 is 0.872. The second-order valence-electron chi connectivity index (χ2n) is 4.39. The SMILES string of the molecule is OC1CCC(Nc2c(Cl)cc(Br)cc2Cl)CC1. The van der Waals surface area contributed by atoms with Crippen LogP contribution in [0.4, 0.5) is 5.69 Å². The van der Waals surface area contributed by atoms with Crippen molar-refractivity contribution in [2.24, 2.45) is 0 Å². The van der Waals surface area contributed by atoms with Crippen LogP contribution in [-0.2, 0) is 0 Å². The van der Waals surface area contributed by atoms with Crippen LogP contribution in [0.1, 0.15) is 25.7 Å². The zero-order valence-corrected chi connectivity index (χ0v) is 12.3. The van der Waals surface area contributed by atoms with E-state index in [0.29, 0.717) is 16.1 Å². The monoisotopic (exact) mass is 337 g/mol. The topological polar surface area (TPSA) is 32.3 Å². The summed E-state index contributed by atoms with van der Waals surface area (Å²) in [6.45, 7) is 0. The molecule has 0 saturated heterocycles. The maximum Gasteiger partial charge on any atom is 0.0721 e. The number of anilines is 1. The van der Waals surface area contributed by atoms with E-state index < -0.39 is 0 Å². The van der Waals surface area contributed by atoms with Gasteiger partial charge in [0, 0.05) is 10.5 Å². The van der Waals surface area contributed by atoms with Crippen molar-refractivity contribution >= 4 is 44.8 Å². The maximum absolute atomic E-state index is 9.45. The molecule has 2 N–H and O–H groups in total. The Balaban J connectivity index is 2.08. The fourth-order valence-corrected chi connectivity index (χ4v) is 3.42. The molecule has 2 rings (SSSR count). The molecule has 0 heterocycles. The van der Waals surface area contributed by atoms with E-state index in [1.807, 2.05) is 12.1 Å². The zero-order chi connectivity index (χ0) is 12.4. The number of aliphatic hydroxyl groups is 1. The predicted molar refractivity (Wildman–Crippen MR) is 76.0 cm³/mol. The Morgan fingerprint density at radius 2 is 1.65 bits per heavy atom. The Bertz CT molecular complexity index is 382. The summed E-state index contributed by atoms with van der Waals surface area (Å²) in [4.78, 5) is 0. The highest BCUT2D eigenvalue weighted by Gasteiger charge is 2.20. The molecule has 1 aromatic rings. The lowest BCUT2D eigenvalue weighted by Gasteiger charge is -2.27. The predicted octanol–water partition coefficient (Wildman–Crippen LogP) is 4.47. The van der Waals surface area contributed by atoms with Crippen molar-refractivity contribution in [2.75, 3.05) is 5.32 Å². The zero-order valence-electron chi connectivity index (χ0n) is 9.22. The normalized spacial score (nSPS) is 24.7. The Morgan fingerprint density at radius 3 is 2.18 bits per heavy atom. The molecule has 5 heteroatoms. The van der Waals surface area contributed by atoms with E-state index in [0.717, 1.165) is 35.8 Å². The van der Waals surface area contributed by atoms with E-state index in [9.17, 15) is 5.11 Å². The minimum Gasteiger partial charge on any atom is -0.393 e. The molecule has 17 heavy (non-hydrogen) atoms. The van der Waals surface area contributed by atoms with Crippen LogP contribution >= 0.6 is 39.1 Å². The molecule has 0 radical (unpaired) electrons. The number of rotatable bonds is 2. The van der Waals surface area contributed by atoms with Crippen LogP contribution < -0.4 is 5.32 Å². The van der Waals surface area contributed by atoms with Gasteiger partial charge >= 0.3 is 0 Å². The fraction of sp³-hybridized carbons (Fsp3) is 0.500. The van der Waals surface area contributed by atoms with E-state index in [2.05, 4.69) is 21.2 Å². The molecule has 0 aliphatic heterocycles. The first-order chi connectivity index (χ1) is 8.06. The minimum absolute atomic E-state index is 0.149. The molecule has 94 valence electrons. The number of halogens is 3. The van der Waals surface area contributed by atoms with Gasteiger partial charge in [-0.25, -0.2) is 0 Å². The van der Waals surface area contributed by atoms with Crippen molar-refractivity contribution in [3.05, 3.63) is 26.7 Å². The van der Waals surface area contributed by atoms with E-state index in [1.165, 1.54) is 0 Å². The molecule has 2 nitrogen and oxygen atoms in total. The number of benzene rings is 1. The van der Waals surface area contributed by atoms with Gasteiger partial charge in [-0.2, -0.15) is 0 Å². The smallest absolute Gasteiger partial charge is 0.0721 e. The number of nitrogens with one attached hydrogen (secondary N) is 1. The first-order valence-electron chi connectivity index (χ1n) is 5.65. The van der Waals surface area contributed by atoms with Crippen LogP contribution in [0.3, 0.4) is 0 Å². The van der Waals surface area contributed by atoms with Gasteiger partial charge in [-0.1, -0.05) is 39.1 Å². The fourth-order valence-electron chi connectivity index (χ4n) is 2.10. The standard InChI is InChI=1S/C12H14BrCl2NO/c13-7-5-10(14)12(11(15)6-7)16-8-1-3-9(17)4-2-8/h5-6,8-9,16-17H,1-4H2. The maximum atomic E-state index is 9.45. The first kappa shape index (κ1) is 13.5. The first-order valence-corrected chi connectivity index (χ1v) is 7.20. The van der Waals surface area contributed by atoms with Crippen LogP contribution in [0.2, 0.25) is 10.0 Å². The Labute approximate surface area is 119 Å². The van der Waals surface area contributed by atoms with E-state index >= 15 is 0 Å². The molecule has 1 fully saturated rings. The van der Waals surface area contributed by atoms with Gasteiger partial charge < -0.3 is 10.4 Å². The minimum atomic E-state index is -0.149. The second-order valence-corrected chi connectivity index (χ2v) is 6.12.